The maximum atomic E-state index is 11.8. The summed E-state index contributed by atoms with van der Waals surface area (Å²) >= 11 is 0. The number of methoxy groups -OCH3 is 1. The van der Waals surface area contributed by atoms with Crippen LogP contribution in [0.15, 0.2) is 0 Å². The minimum Gasteiger partial charge on any atom is -0.481 e. The lowest BCUT2D eigenvalue weighted by Crippen LogP contribution is -2.42. The molecule has 1 saturated heterocycles. The highest BCUT2D eigenvalue weighted by atomic mass is 16.5. The third-order valence-electron chi connectivity index (χ3n) is 2.83. The molecule has 1 heterocycles. The number of ether oxygens (including phenoxy) is 1. The third kappa shape index (κ3) is 3.18. The molecule has 0 aromatic rings. The van der Waals surface area contributed by atoms with Crippen LogP contribution in [0.1, 0.15) is 12.8 Å². The van der Waals surface area contributed by atoms with E-state index >= 15 is 0 Å². The number of nitrogens with zero attached hydrogens (tertiary/aromatic N) is 1. The minimum atomic E-state index is -0.818. The average Bonchev–Trinajstić information content (AvgIpc) is 2.67. The van der Waals surface area contributed by atoms with Crippen molar-refractivity contribution in [1.82, 2.24) is 4.90 Å². The van der Waals surface area contributed by atoms with E-state index in [2.05, 4.69) is 0 Å². The predicted octanol–water partition coefficient (Wildman–Crippen LogP) is -0.717. The van der Waals surface area contributed by atoms with Crippen LogP contribution in [0.2, 0.25) is 0 Å². The molecule has 1 rings (SSSR count). The van der Waals surface area contributed by atoms with E-state index in [9.17, 15) is 9.59 Å². The van der Waals surface area contributed by atoms with Gasteiger partial charge in [0.2, 0.25) is 0 Å². The lowest BCUT2D eigenvalue weighted by atomic mass is 10.1. The average molecular weight is 230 g/mol. The molecule has 16 heavy (non-hydrogen) atoms. The van der Waals surface area contributed by atoms with Crippen LogP contribution in [-0.4, -0.2) is 54.7 Å². The van der Waals surface area contributed by atoms with Gasteiger partial charge in [-0.2, -0.15) is 0 Å². The Bertz CT molecular complexity index is 266. The normalized spacial score (nSPS) is 22.1. The van der Waals surface area contributed by atoms with Crippen LogP contribution in [-0.2, 0) is 14.3 Å². The third-order valence-corrected chi connectivity index (χ3v) is 2.83. The lowest BCUT2D eigenvalue weighted by molar-refractivity contribution is -0.141. The molecule has 1 amide bonds. The first kappa shape index (κ1) is 12.9. The summed E-state index contributed by atoms with van der Waals surface area (Å²) < 4.78 is 4.96. The first-order valence-electron chi connectivity index (χ1n) is 5.32. The molecule has 1 aliphatic heterocycles. The molecule has 2 unspecified atom stereocenters. The highest BCUT2D eigenvalue weighted by Crippen LogP contribution is 2.20. The number of aliphatic carboxylic acids is 1. The highest BCUT2D eigenvalue weighted by molar-refractivity contribution is 5.81. The Kier molecular flexibility index (Phi) is 4.70. The second-order valence-corrected chi connectivity index (χ2v) is 4.00. The van der Waals surface area contributed by atoms with Crippen LogP contribution >= 0.6 is 0 Å². The number of rotatable bonds is 5. The molecule has 1 fully saturated rings. The number of nitrogens with two attached hydrogens (primary N) is 1. The van der Waals surface area contributed by atoms with Crippen LogP contribution in [0, 0.1) is 5.92 Å². The number of carboxylic acid groups (broad SMARTS) is 1. The number of carbonyl (C=O) groups excluding carboxylic acids is 1. The fourth-order valence-electron chi connectivity index (χ4n) is 1.95. The summed E-state index contributed by atoms with van der Waals surface area (Å²) in [4.78, 5) is 24.0. The van der Waals surface area contributed by atoms with Crippen LogP contribution in [0.4, 0.5) is 0 Å². The van der Waals surface area contributed by atoms with Gasteiger partial charge >= 0.3 is 5.97 Å². The lowest BCUT2D eigenvalue weighted by Gasteiger charge is -2.21. The molecule has 0 radical (unpaired) electrons. The van der Waals surface area contributed by atoms with Crippen molar-refractivity contribution in [3.05, 3.63) is 0 Å². The summed E-state index contributed by atoms with van der Waals surface area (Å²) in [7, 11) is 1.44. The molecule has 6 nitrogen and oxygen atoms in total. The molecule has 92 valence electrons. The van der Waals surface area contributed by atoms with E-state index in [0.29, 0.717) is 13.1 Å². The SMILES string of the molecule is COC(CN)C(=O)N1CCC(CC(=O)O)C1. The van der Waals surface area contributed by atoms with Gasteiger partial charge < -0.3 is 20.5 Å². The molecule has 1 aliphatic rings. The minimum absolute atomic E-state index is 0.0525. The van der Waals surface area contributed by atoms with Gasteiger partial charge in [-0.05, 0) is 12.3 Å². The number of carboxylic acids is 1. The molecule has 3 N–H and O–H groups in total. The molecule has 0 spiro atoms. The van der Waals surface area contributed by atoms with E-state index in [0.717, 1.165) is 6.42 Å². The van der Waals surface area contributed by atoms with E-state index in [1.165, 1.54) is 7.11 Å². The summed E-state index contributed by atoms with van der Waals surface area (Å²) in [6.07, 6.45) is 0.242. The zero-order valence-electron chi connectivity index (χ0n) is 9.39. The molecule has 0 bridgehead atoms. The number of hydrogen-bond acceptors (Lipinski definition) is 4. The first-order chi connectivity index (χ1) is 7.58. The van der Waals surface area contributed by atoms with Gasteiger partial charge in [0.15, 0.2) is 0 Å². The van der Waals surface area contributed by atoms with Gasteiger partial charge in [-0.1, -0.05) is 0 Å². The second-order valence-electron chi connectivity index (χ2n) is 4.00. The van der Waals surface area contributed by atoms with Crippen molar-refractivity contribution in [3.63, 3.8) is 0 Å². The zero-order chi connectivity index (χ0) is 12.1. The maximum absolute atomic E-state index is 11.8. The summed E-state index contributed by atoms with van der Waals surface area (Å²) in [5.41, 5.74) is 5.40. The van der Waals surface area contributed by atoms with Crippen LogP contribution in [0.3, 0.4) is 0 Å². The zero-order valence-corrected chi connectivity index (χ0v) is 9.39. The quantitative estimate of drug-likeness (QED) is 0.650. The Balaban J connectivity index is 2.46. The molecule has 0 aromatic heterocycles. The van der Waals surface area contributed by atoms with Gasteiger partial charge in [0.1, 0.15) is 6.10 Å². The number of likely N-dealkylation sites (tertiary alicyclic amines) is 1. The fraction of sp³-hybridized carbons (Fsp3) is 0.800. The smallest absolute Gasteiger partial charge is 0.303 e. The van der Waals surface area contributed by atoms with Crippen LogP contribution in [0.5, 0.6) is 0 Å². The molecule has 6 heteroatoms. The Morgan fingerprint density at radius 3 is 2.81 bits per heavy atom. The summed E-state index contributed by atoms with van der Waals surface area (Å²) in [6, 6.07) is 0. The van der Waals surface area contributed by atoms with E-state index in [4.69, 9.17) is 15.6 Å². The van der Waals surface area contributed by atoms with Crippen molar-refractivity contribution in [3.8, 4) is 0 Å². The fourth-order valence-corrected chi connectivity index (χ4v) is 1.95. The summed E-state index contributed by atoms with van der Waals surface area (Å²) in [5, 5.41) is 8.65. The monoisotopic (exact) mass is 230 g/mol. The van der Waals surface area contributed by atoms with Crippen molar-refractivity contribution < 1.29 is 19.4 Å². The molecule has 0 aromatic carbocycles. The Hall–Kier alpha value is -1.14. The van der Waals surface area contributed by atoms with Gasteiger partial charge in [-0.3, -0.25) is 9.59 Å². The van der Waals surface area contributed by atoms with E-state index in [1.807, 2.05) is 0 Å². The summed E-state index contributed by atoms with van der Waals surface area (Å²) in [5.74, 6) is -0.906. The van der Waals surface area contributed by atoms with Gasteiger partial charge in [-0.25, -0.2) is 0 Å². The number of hydrogen-bond donors (Lipinski definition) is 2. The van der Waals surface area contributed by atoms with Gasteiger partial charge in [0.05, 0.1) is 0 Å². The van der Waals surface area contributed by atoms with Crippen molar-refractivity contribution in [2.45, 2.75) is 18.9 Å². The van der Waals surface area contributed by atoms with Crippen LogP contribution in [0.25, 0.3) is 0 Å². The number of amides is 1. The van der Waals surface area contributed by atoms with E-state index in [1.54, 1.807) is 4.90 Å². The summed E-state index contributed by atoms with van der Waals surface area (Å²) in [6.45, 7) is 1.23. The highest BCUT2D eigenvalue weighted by Gasteiger charge is 2.31. The molecule has 0 saturated carbocycles. The van der Waals surface area contributed by atoms with Gasteiger partial charge in [-0.15, -0.1) is 0 Å². The molecular formula is C10H18N2O4. The standard InChI is InChI=1S/C10H18N2O4/c1-16-8(5-11)10(15)12-3-2-7(6-12)4-9(13)14/h7-8H,2-6,11H2,1H3,(H,13,14). The van der Waals surface area contributed by atoms with Crippen molar-refractivity contribution in [2.75, 3.05) is 26.7 Å². The van der Waals surface area contributed by atoms with Crippen LogP contribution < -0.4 is 5.73 Å². The predicted molar refractivity (Wildman–Crippen MR) is 56.8 cm³/mol. The van der Waals surface area contributed by atoms with Crippen molar-refractivity contribution >= 4 is 11.9 Å². The van der Waals surface area contributed by atoms with E-state index in [-0.39, 0.29) is 24.8 Å². The number of carbonyl (C=O) groups is 2. The van der Waals surface area contributed by atoms with Crippen molar-refractivity contribution in [1.29, 1.82) is 0 Å². The topological polar surface area (TPSA) is 92.9 Å². The Morgan fingerprint density at radius 2 is 2.31 bits per heavy atom. The maximum Gasteiger partial charge on any atom is 0.303 e. The molecule has 2 atom stereocenters. The Labute approximate surface area is 94.3 Å². The van der Waals surface area contributed by atoms with Gasteiger partial charge in [0.25, 0.3) is 5.91 Å². The first-order valence-corrected chi connectivity index (χ1v) is 5.32. The molecule has 0 aliphatic carbocycles. The molecular weight excluding hydrogens is 212 g/mol. The van der Waals surface area contributed by atoms with E-state index < -0.39 is 12.1 Å². The second kappa shape index (κ2) is 5.81. The largest absolute Gasteiger partial charge is 0.481 e. The van der Waals surface area contributed by atoms with Crippen molar-refractivity contribution in [2.24, 2.45) is 11.7 Å². The Morgan fingerprint density at radius 1 is 1.62 bits per heavy atom. The van der Waals surface area contributed by atoms with Gasteiger partial charge in [0, 0.05) is 33.2 Å².